The van der Waals surface area contributed by atoms with E-state index in [-0.39, 0.29) is 0 Å². The van der Waals surface area contributed by atoms with Crippen molar-refractivity contribution in [3.63, 3.8) is 0 Å². The number of rotatable bonds is 9. The second kappa shape index (κ2) is 11.3. The van der Waals surface area contributed by atoms with Gasteiger partial charge in [0.25, 0.3) is 0 Å². The zero-order chi connectivity index (χ0) is 16.3. The van der Waals surface area contributed by atoms with Gasteiger partial charge in [0.05, 0.1) is 6.10 Å². The number of allylic oxidation sites excluding steroid dienone is 2. The average Bonchev–Trinajstić information content (AvgIpc) is 2.60. The first kappa shape index (κ1) is 19.0. The summed E-state index contributed by atoms with van der Waals surface area (Å²) < 4.78 is 6.00. The first-order chi connectivity index (χ1) is 11.3. The highest BCUT2D eigenvalue weighted by Crippen LogP contribution is 2.36. The molecule has 2 aliphatic carbocycles. The Kier molecular flexibility index (Phi) is 9.34. The molecule has 0 spiro atoms. The fourth-order valence-corrected chi connectivity index (χ4v) is 4.45. The molecule has 0 aromatic heterocycles. The molecular formula is C22H40O. The molecule has 0 aromatic carbocycles. The summed E-state index contributed by atoms with van der Waals surface area (Å²) in [5.41, 5.74) is 0. The van der Waals surface area contributed by atoms with Gasteiger partial charge in [-0.1, -0.05) is 45.3 Å². The minimum absolute atomic E-state index is 0.582. The summed E-state index contributed by atoms with van der Waals surface area (Å²) >= 11 is 0. The van der Waals surface area contributed by atoms with Crippen molar-refractivity contribution in [2.24, 2.45) is 17.8 Å². The van der Waals surface area contributed by atoms with Crippen LogP contribution in [-0.4, -0.2) is 12.7 Å². The van der Waals surface area contributed by atoms with Crippen LogP contribution < -0.4 is 0 Å². The largest absolute Gasteiger partial charge is 0.378 e. The van der Waals surface area contributed by atoms with Crippen molar-refractivity contribution in [2.75, 3.05) is 6.61 Å². The lowest BCUT2D eigenvalue weighted by atomic mass is 9.77. The number of hydrogen-bond donors (Lipinski definition) is 0. The summed E-state index contributed by atoms with van der Waals surface area (Å²) in [7, 11) is 0. The zero-order valence-electron chi connectivity index (χ0n) is 15.8. The van der Waals surface area contributed by atoms with Gasteiger partial charge in [-0.05, 0) is 82.0 Å². The van der Waals surface area contributed by atoms with Crippen molar-refractivity contribution in [3.8, 4) is 0 Å². The van der Waals surface area contributed by atoms with Crippen LogP contribution in [0.4, 0.5) is 0 Å². The highest BCUT2D eigenvalue weighted by molar-refractivity contribution is 4.90. The van der Waals surface area contributed by atoms with Crippen LogP contribution in [0.3, 0.4) is 0 Å². The second-order valence-electron chi connectivity index (χ2n) is 8.06. The van der Waals surface area contributed by atoms with Gasteiger partial charge in [0, 0.05) is 6.61 Å². The normalized spacial score (nSPS) is 32.4. The average molecular weight is 321 g/mol. The highest BCUT2D eigenvalue weighted by Gasteiger charge is 2.24. The van der Waals surface area contributed by atoms with Crippen molar-refractivity contribution >= 4 is 0 Å². The molecule has 0 saturated heterocycles. The van der Waals surface area contributed by atoms with Gasteiger partial charge in [0.2, 0.25) is 0 Å². The maximum absolute atomic E-state index is 6.00. The molecule has 2 fully saturated rings. The van der Waals surface area contributed by atoms with Gasteiger partial charge in [-0.3, -0.25) is 0 Å². The molecule has 23 heavy (non-hydrogen) atoms. The Balaban J connectivity index is 1.53. The van der Waals surface area contributed by atoms with Gasteiger partial charge in [-0.25, -0.2) is 0 Å². The molecule has 0 unspecified atom stereocenters. The van der Waals surface area contributed by atoms with E-state index in [0.717, 1.165) is 24.4 Å². The van der Waals surface area contributed by atoms with E-state index in [9.17, 15) is 0 Å². The third-order valence-electron chi connectivity index (χ3n) is 6.16. The topological polar surface area (TPSA) is 9.23 Å². The molecule has 0 atom stereocenters. The van der Waals surface area contributed by atoms with Crippen LogP contribution in [0, 0.1) is 17.8 Å². The molecule has 0 N–H and O–H groups in total. The Morgan fingerprint density at radius 2 is 1.43 bits per heavy atom. The summed E-state index contributed by atoms with van der Waals surface area (Å²) in [6, 6.07) is 0. The first-order valence-electron chi connectivity index (χ1n) is 10.6. The third-order valence-corrected chi connectivity index (χ3v) is 6.16. The lowest BCUT2D eigenvalue weighted by Crippen LogP contribution is -2.23. The monoisotopic (exact) mass is 320 g/mol. The van der Waals surface area contributed by atoms with Gasteiger partial charge in [0.1, 0.15) is 0 Å². The van der Waals surface area contributed by atoms with Crippen LogP contribution in [0.1, 0.15) is 97.3 Å². The van der Waals surface area contributed by atoms with Gasteiger partial charge >= 0.3 is 0 Å². The molecule has 2 saturated carbocycles. The van der Waals surface area contributed by atoms with Crippen molar-refractivity contribution in [3.05, 3.63) is 12.2 Å². The van der Waals surface area contributed by atoms with Crippen LogP contribution in [0.15, 0.2) is 12.2 Å². The predicted octanol–water partition coefficient (Wildman–Crippen LogP) is 6.91. The van der Waals surface area contributed by atoms with E-state index in [1.54, 1.807) is 0 Å². The molecule has 2 rings (SSSR count). The molecule has 134 valence electrons. The second-order valence-corrected chi connectivity index (χ2v) is 8.06. The Morgan fingerprint density at radius 1 is 0.826 bits per heavy atom. The first-order valence-corrected chi connectivity index (χ1v) is 10.6. The SMILES string of the molecule is CCC=CC1CCC(CCC2CCC(OCCCC)CC2)CC1. The highest BCUT2D eigenvalue weighted by atomic mass is 16.5. The van der Waals surface area contributed by atoms with Crippen molar-refractivity contribution in [2.45, 2.75) is 103 Å². The molecule has 0 radical (unpaired) electrons. The lowest BCUT2D eigenvalue weighted by Gasteiger charge is -2.31. The molecule has 0 aliphatic heterocycles. The van der Waals surface area contributed by atoms with E-state index in [1.807, 2.05) is 0 Å². The van der Waals surface area contributed by atoms with E-state index in [4.69, 9.17) is 4.74 Å². The molecule has 0 aromatic rings. The van der Waals surface area contributed by atoms with Gasteiger partial charge in [0.15, 0.2) is 0 Å². The van der Waals surface area contributed by atoms with E-state index in [2.05, 4.69) is 26.0 Å². The van der Waals surface area contributed by atoms with Gasteiger partial charge < -0.3 is 4.74 Å². The lowest BCUT2D eigenvalue weighted by molar-refractivity contribution is 0.0151. The summed E-state index contributed by atoms with van der Waals surface area (Å²) in [6.45, 7) is 5.47. The van der Waals surface area contributed by atoms with Crippen LogP contribution >= 0.6 is 0 Å². The van der Waals surface area contributed by atoms with Crippen molar-refractivity contribution < 1.29 is 4.74 Å². The summed E-state index contributed by atoms with van der Waals surface area (Å²) in [4.78, 5) is 0. The minimum Gasteiger partial charge on any atom is -0.378 e. The fraction of sp³-hybridized carbons (Fsp3) is 0.909. The van der Waals surface area contributed by atoms with Crippen LogP contribution in [0.5, 0.6) is 0 Å². The molecule has 2 aliphatic rings. The Hall–Kier alpha value is -0.300. The van der Waals surface area contributed by atoms with Crippen LogP contribution in [0.2, 0.25) is 0 Å². The summed E-state index contributed by atoms with van der Waals surface area (Å²) in [5, 5.41) is 0. The maximum atomic E-state index is 6.00. The van der Waals surface area contributed by atoms with Crippen molar-refractivity contribution in [1.82, 2.24) is 0 Å². The standard InChI is InChI=1S/C22H40O/c1-3-5-7-19-8-10-20(11-9-19)12-13-21-14-16-22(17-15-21)23-18-6-4-2/h5,7,19-22H,3-4,6,8-18H2,1-2H3. The smallest absolute Gasteiger partial charge is 0.0575 e. The van der Waals surface area contributed by atoms with Crippen molar-refractivity contribution in [1.29, 1.82) is 0 Å². The summed E-state index contributed by atoms with van der Waals surface area (Å²) in [6.07, 6.45) is 23.4. The molecular weight excluding hydrogens is 280 g/mol. The minimum atomic E-state index is 0.582. The molecule has 0 amide bonds. The van der Waals surface area contributed by atoms with E-state index in [0.29, 0.717) is 6.10 Å². The van der Waals surface area contributed by atoms with E-state index >= 15 is 0 Å². The van der Waals surface area contributed by atoms with E-state index < -0.39 is 0 Å². The summed E-state index contributed by atoms with van der Waals surface area (Å²) in [5.74, 6) is 2.92. The van der Waals surface area contributed by atoms with Crippen LogP contribution in [-0.2, 0) is 4.74 Å². The fourth-order valence-electron chi connectivity index (χ4n) is 4.45. The number of hydrogen-bond acceptors (Lipinski definition) is 1. The van der Waals surface area contributed by atoms with Gasteiger partial charge in [-0.2, -0.15) is 0 Å². The number of unbranched alkanes of at least 4 members (excludes halogenated alkanes) is 1. The zero-order valence-corrected chi connectivity index (χ0v) is 15.8. The molecule has 1 nitrogen and oxygen atoms in total. The maximum Gasteiger partial charge on any atom is 0.0575 e. The predicted molar refractivity (Wildman–Crippen MR) is 101 cm³/mol. The Morgan fingerprint density at radius 3 is 2.00 bits per heavy atom. The Bertz CT molecular complexity index is 306. The molecule has 1 heteroatoms. The van der Waals surface area contributed by atoms with Gasteiger partial charge in [-0.15, -0.1) is 0 Å². The number of ether oxygens (including phenoxy) is 1. The quantitative estimate of drug-likeness (QED) is 0.331. The molecule has 0 bridgehead atoms. The van der Waals surface area contributed by atoms with Crippen LogP contribution in [0.25, 0.3) is 0 Å². The third kappa shape index (κ3) is 7.42. The van der Waals surface area contributed by atoms with E-state index in [1.165, 1.54) is 83.5 Å². The Labute approximate surface area is 145 Å². The molecule has 0 heterocycles.